The first-order chi connectivity index (χ1) is 23.7. The lowest BCUT2D eigenvalue weighted by Crippen LogP contribution is -2.31. The van der Waals surface area contributed by atoms with Gasteiger partial charge in [-0.25, -0.2) is 15.0 Å². The second-order valence-corrected chi connectivity index (χ2v) is 14.5. The van der Waals surface area contributed by atoms with Crippen LogP contribution in [0.4, 0.5) is 11.4 Å². The van der Waals surface area contributed by atoms with Crippen LogP contribution in [0, 0.1) is 0 Å². The largest absolute Gasteiger partial charge is 0.259 e. The Morgan fingerprint density at radius 2 is 0.857 bits per heavy atom. The average Bonchev–Trinajstić information content (AvgIpc) is 3.32. The number of rotatable bonds is 7. The molecule has 0 spiro atoms. The molecule has 0 unspecified atom stereocenters. The number of benzene rings is 4. The van der Waals surface area contributed by atoms with Crippen LogP contribution in [0.5, 0.6) is 0 Å². The molecule has 0 saturated carbocycles. The molecule has 0 saturated heterocycles. The van der Waals surface area contributed by atoms with Gasteiger partial charge in [0.2, 0.25) is 5.62 Å². The van der Waals surface area contributed by atoms with E-state index in [4.69, 9.17) is 15.1 Å². The van der Waals surface area contributed by atoms with Gasteiger partial charge in [-0.05, 0) is 82.0 Å². The van der Waals surface area contributed by atoms with Crippen LogP contribution in [0.15, 0.2) is 102 Å². The number of hydrogen-bond acceptors (Lipinski definition) is 4. The van der Waals surface area contributed by atoms with Crippen LogP contribution in [0.1, 0.15) is 112 Å². The summed E-state index contributed by atoms with van der Waals surface area (Å²) in [6.45, 7) is 18.2. The van der Waals surface area contributed by atoms with Crippen molar-refractivity contribution in [3.63, 3.8) is 0 Å². The monoisotopic (exact) mass is 648 g/mol. The lowest BCUT2D eigenvalue weighted by atomic mass is 9.92. The zero-order valence-electron chi connectivity index (χ0n) is 30.1. The maximum atomic E-state index is 5.83. The number of aryl methyl sites for hydroxylation is 2. The van der Waals surface area contributed by atoms with Crippen LogP contribution in [0.3, 0.4) is 0 Å². The fourth-order valence-corrected chi connectivity index (χ4v) is 7.42. The molecule has 0 radical (unpaired) electrons. The first kappa shape index (κ1) is 32.6. The third-order valence-electron chi connectivity index (χ3n) is 9.91. The number of anilines is 2. The lowest BCUT2D eigenvalue weighted by molar-refractivity contribution is 0.753. The Morgan fingerprint density at radius 3 is 1.22 bits per heavy atom. The van der Waals surface area contributed by atoms with Crippen LogP contribution < -0.4 is 10.6 Å². The number of hydrogen-bond donors (Lipinski definition) is 0. The molecule has 250 valence electrons. The molecule has 0 amide bonds. The molecule has 0 atom stereocenters. The highest BCUT2D eigenvalue weighted by atomic mass is 15.5. The maximum absolute atomic E-state index is 5.83. The van der Waals surface area contributed by atoms with Crippen LogP contribution in [0.25, 0.3) is 22.7 Å². The van der Waals surface area contributed by atoms with Gasteiger partial charge >= 0.3 is 0 Å². The van der Waals surface area contributed by atoms with Crippen molar-refractivity contribution < 1.29 is 0 Å². The van der Waals surface area contributed by atoms with Crippen molar-refractivity contribution in [2.24, 2.45) is 5.10 Å². The molecule has 6 heteroatoms. The smallest absolute Gasteiger partial charge is 0.240 e. The van der Waals surface area contributed by atoms with E-state index in [0.29, 0.717) is 0 Å². The molecular weight excluding hydrogens is 601 g/mol. The highest BCUT2D eigenvalue weighted by molar-refractivity contribution is 5.75. The van der Waals surface area contributed by atoms with Crippen molar-refractivity contribution in [1.82, 2.24) is 19.1 Å². The first-order valence-corrected chi connectivity index (χ1v) is 17.9. The van der Waals surface area contributed by atoms with Gasteiger partial charge in [-0.2, -0.15) is 0 Å². The molecule has 49 heavy (non-hydrogen) atoms. The average molecular weight is 649 g/mol. The van der Waals surface area contributed by atoms with Crippen LogP contribution in [0.2, 0.25) is 0 Å². The van der Waals surface area contributed by atoms with E-state index in [9.17, 15) is 0 Å². The van der Waals surface area contributed by atoms with Gasteiger partial charge in [-0.3, -0.25) is 9.13 Å². The summed E-state index contributed by atoms with van der Waals surface area (Å²) in [6.07, 6.45) is 5.53. The fourth-order valence-electron chi connectivity index (χ4n) is 7.42. The Hall–Kier alpha value is -4.97. The van der Waals surface area contributed by atoms with Gasteiger partial charge in [-0.1, -0.05) is 128 Å². The Kier molecular flexibility index (Phi) is 8.74. The summed E-state index contributed by atoms with van der Waals surface area (Å²) >= 11 is 0. The van der Waals surface area contributed by atoms with Crippen LogP contribution in [-0.4, -0.2) is 19.1 Å². The van der Waals surface area contributed by atoms with Gasteiger partial charge in [-0.15, -0.1) is 5.10 Å². The van der Waals surface area contributed by atoms with E-state index in [1.54, 1.807) is 0 Å². The van der Waals surface area contributed by atoms with Gasteiger partial charge in [0.25, 0.3) is 0 Å². The Labute approximate surface area is 290 Å². The summed E-state index contributed by atoms with van der Waals surface area (Å²) in [5.41, 5.74) is 14.4. The summed E-state index contributed by atoms with van der Waals surface area (Å²) in [4.78, 5) is 10.2. The third kappa shape index (κ3) is 5.67. The van der Waals surface area contributed by atoms with Crippen molar-refractivity contribution >= 4 is 22.7 Å². The molecule has 2 aromatic heterocycles. The Morgan fingerprint density at radius 1 is 0.490 bits per heavy atom. The van der Waals surface area contributed by atoms with Gasteiger partial charge in [0.05, 0.1) is 22.7 Å². The number of aromatic nitrogens is 4. The number of fused-ring (bicyclic) bond motifs is 3. The van der Waals surface area contributed by atoms with E-state index < -0.39 is 0 Å². The number of nitrogens with zero attached hydrogens (tertiary/aromatic N) is 6. The standard InChI is InChI=1S/C43H48N6/c1-27(2)33-17-13-18-34(28(3)4)39(33)47-41-42(45-26-25-44-41)48(40-35(29(5)6)19-14-20-36(40)30(7)8)43(47)46-49-37-21-11-9-15-31(37)23-24-32-16-10-12-22-38(32)49/h9-22,25-30H,23-24H2,1-8H3. The minimum Gasteiger partial charge on any atom is -0.259 e. The van der Waals surface area contributed by atoms with E-state index in [1.165, 1.54) is 33.4 Å². The molecule has 6 aromatic rings. The molecule has 1 aliphatic heterocycles. The first-order valence-electron chi connectivity index (χ1n) is 17.9. The normalized spacial score (nSPS) is 13.0. The molecule has 0 fully saturated rings. The molecule has 0 aliphatic carbocycles. The molecule has 6 nitrogen and oxygen atoms in total. The topological polar surface area (TPSA) is 51.2 Å². The summed E-state index contributed by atoms with van der Waals surface area (Å²) in [6, 6.07) is 30.9. The van der Waals surface area contributed by atoms with Gasteiger partial charge < -0.3 is 0 Å². The Bertz CT molecular complexity index is 2010. The SMILES string of the molecule is CC(C)c1cccc(C(C)C)c1-n1c(=NN2c3ccccc3CCc3ccccc32)n(-c2c(C(C)C)cccc2C(C)C)c2nccnc21. The van der Waals surface area contributed by atoms with E-state index >= 15 is 0 Å². The fraction of sp³-hybridized carbons (Fsp3) is 0.326. The van der Waals surface area contributed by atoms with Crippen molar-refractivity contribution in [3.05, 3.63) is 136 Å². The predicted molar refractivity (Wildman–Crippen MR) is 203 cm³/mol. The molecular formula is C43H48N6. The highest BCUT2D eigenvalue weighted by Gasteiger charge is 2.28. The van der Waals surface area contributed by atoms with Gasteiger partial charge in [0, 0.05) is 12.4 Å². The van der Waals surface area contributed by atoms with Crippen molar-refractivity contribution in [2.75, 3.05) is 5.01 Å². The zero-order valence-corrected chi connectivity index (χ0v) is 30.1. The highest BCUT2D eigenvalue weighted by Crippen LogP contribution is 2.38. The van der Waals surface area contributed by atoms with Crippen molar-refractivity contribution in [3.8, 4) is 11.4 Å². The molecule has 4 aromatic carbocycles. The van der Waals surface area contributed by atoms with Crippen LogP contribution >= 0.6 is 0 Å². The van der Waals surface area contributed by atoms with E-state index in [0.717, 1.165) is 52.5 Å². The summed E-state index contributed by atoms with van der Waals surface area (Å²) in [5, 5.41) is 8.01. The lowest BCUT2D eigenvalue weighted by Gasteiger charge is -2.24. The quantitative estimate of drug-likeness (QED) is 0.173. The Balaban J connectivity index is 1.75. The van der Waals surface area contributed by atoms with Crippen LogP contribution in [-0.2, 0) is 12.8 Å². The maximum Gasteiger partial charge on any atom is 0.240 e. The van der Waals surface area contributed by atoms with Crippen molar-refractivity contribution in [1.29, 1.82) is 0 Å². The van der Waals surface area contributed by atoms with E-state index in [2.05, 4.69) is 154 Å². The minimum atomic E-state index is 0.276. The molecule has 0 N–H and O–H groups in total. The molecule has 3 heterocycles. The zero-order chi connectivity index (χ0) is 34.4. The van der Waals surface area contributed by atoms with Gasteiger partial charge in [0.15, 0.2) is 11.3 Å². The van der Waals surface area contributed by atoms with Crippen molar-refractivity contribution in [2.45, 2.75) is 91.9 Å². The second-order valence-electron chi connectivity index (χ2n) is 14.5. The second kappa shape index (κ2) is 13.1. The summed E-state index contributed by atoms with van der Waals surface area (Å²) in [7, 11) is 0. The summed E-state index contributed by atoms with van der Waals surface area (Å²) in [5.74, 6) is 1.10. The minimum absolute atomic E-state index is 0.276. The summed E-state index contributed by atoms with van der Waals surface area (Å²) < 4.78 is 4.62. The van der Waals surface area contributed by atoms with E-state index in [-0.39, 0.29) is 23.7 Å². The predicted octanol–water partition coefficient (Wildman–Crippen LogP) is 10.5. The third-order valence-corrected chi connectivity index (χ3v) is 9.91. The molecule has 7 rings (SSSR count). The van der Waals surface area contributed by atoms with E-state index in [1.807, 2.05) is 12.4 Å². The number of para-hydroxylation sites is 4. The molecule has 0 bridgehead atoms. The molecule has 1 aliphatic rings. The van der Waals surface area contributed by atoms with Gasteiger partial charge in [0.1, 0.15) is 0 Å². The number of imidazole rings is 1.